The maximum atomic E-state index is 11.3. The van der Waals surface area contributed by atoms with Gasteiger partial charge in [-0.15, -0.1) is 6.58 Å². The lowest BCUT2D eigenvalue weighted by Gasteiger charge is -2.32. The second-order valence-electron chi connectivity index (χ2n) is 2.91. The van der Waals surface area contributed by atoms with Crippen LogP contribution in [0.15, 0.2) is 12.7 Å². The average Bonchev–Trinajstić information content (AvgIpc) is 2.21. The Labute approximate surface area is 87.8 Å². The Morgan fingerprint density at radius 3 is 3.20 bits per heavy atom. The summed E-state index contributed by atoms with van der Waals surface area (Å²) >= 11 is 0. The van der Waals surface area contributed by atoms with E-state index < -0.39 is 12.2 Å². The van der Waals surface area contributed by atoms with Gasteiger partial charge >= 0.3 is 12.2 Å². The molecule has 0 spiro atoms. The van der Waals surface area contributed by atoms with Crippen LogP contribution < -0.4 is 5.43 Å². The molecule has 1 aliphatic heterocycles. The first-order valence-corrected chi connectivity index (χ1v) is 4.71. The van der Waals surface area contributed by atoms with Crippen LogP contribution in [0, 0.1) is 0 Å². The van der Waals surface area contributed by atoms with Crippen LogP contribution in [-0.2, 0) is 9.47 Å². The van der Waals surface area contributed by atoms with Crippen LogP contribution in [0.1, 0.15) is 13.3 Å². The summed E-state index contributed by atoms with van der Waals surface area (Å²) in [6.07, 6.45) is 0.899. The molecule has 6 heteroatoms. The number of nitrogens with zero attached hydrogens (tertiary/aromatic N) is 1. The molecule has 0 saturated carbocycles. The Hall–Kier alpha value is -1.72. The SMILES string of the molecule is C=CC1CCOC(=O)N1NC(=O)OCC. The zero-order valence-electron chi connectivity index (χ0n) is 8.56. The van der Waals surface area contributed by atoms with Gasteiger partial charge in [-0.25, -0.2) is 20.0 Å². The van der Waals surface area contributed by atoms with Crippen molar-refractivity contribution in [1.29, 1.82) is 0 Å². The molecule has 0 bridgehead atoms. The second kappa shape index (κ2) is 5.23. The molecule has 0 aliphatic carbocycles. The molecular weight excluding hydrogens is 200 g/mol. The van der Waals surface area contributed by atoms with E-state index in [1.165, 1.54) is 0 Å². The number of ether oxygens (including phenoxy) is 2. The van der Waals surface area contributed by atoms with Crippen molar-refractivity contribution in [3.8, 4) is 0 Å². The van der Waals surface area contributed by atoms with Gasteiger partial charge in [0.15, 0.2) is 0 Å². The van der Waals surface area contributed by atoms with E-state index in [9.17, 15) is 9.59 Å². The number of rotatable bonds is 3. The van der Waals surface area contributed by atoms with Crippen molar-refractivity contribution in [2.75, 3.05) is 13.2 Å². The quantitative estimate of drug-likeness (QED) is 0.713. The van der Waals surface area contributed by atoms with E-state index in [0.29, 0.717) is 13.0 Å². The number of carbonyl (C=O) groups is 2. The molecule has 2 amide bonds. The van der Waals surface area contributed by atoms with Crippen LogP contribution in [0.25, 0.3) is 0 Å². The van der Waals surface area contributed by atoms with Crippen molar-refractivity contribution >= 4 is 12.2 Å². The number of hydrazine groups is 1. The number of hydrogen-bond donors (Lipinski definition) is 1. The minimum absolute atomic E-state index is 0.244. The zero-order chi connectivity index (χ0) is 11.3. The van der Waals surface area contributed by atoms with Crippen LogP contribution in [0.3, 0.4) is 0 Å². The third kappa shape index (κ3) is 2.87. The smallest absolute Gasteiger partial charge is 0.429 e. The molecule has 6 nitrogen and oxygen atoms in total. The zero-order valence-corrected chi connectivity index (χ0v) is 8.56. The maximum Gasteiger partial charge on any atom is 0.429 e. The predicted octanol–water partition coefficient (Wildman–Crippen LogP) is 1.04. The van der Waals surface area contributed by atoms with E-state index in [2.05, 4.69) is 16.7 Å². The molecule has 1 N–H and O–H groups in total. The first-order valence-electron chi connectivity index (χ1n) is 4.71. The van der Waals surface area contributed by atoms with Crippen molar-refractivity contribution in [3.05, 3.63) is 12.7 Å². The summed E-state index contributed by atoms with van der Waals surface area (Å²) in [5, 5.41) is 1.08. The molecule has 1 saturated heterocycles. The van der Waals surface area contributed by atoms with Crippen molar-refractivity contribution in [2.45, 2.75) is 19.4 Å². The predicted molar refractivity (Wildman–Crippen MR) is 51.9 cm³/mol. The Kier molecular flexibility index (Phi) is 3.96. The molecule has 0 aromatic rings. The van der Waals surface area contributed by atoms with Crippen molar-refractivity contribution in [1.82, 2.24) is 10.4 Å². The molecule has 0 aromatic carbocycles. The van der Waals surface area contributed by atoms with E-state index in [1.807, 2.05) is 0 Å². The first-order chi connectivity index (χ1) is 7.19. The minimum atomic E-state index is -0.678. The van der Waals surface area contributed by atoms with Crippen LogP contribution in [0.4, 0.5) is 9.59 Å². The molecule has 84 valence electrons. The van der Waals surface area contributed by atoms with Crippen molar-refractivity contribution in [2.24, 2.45) is 0 Å². The highest BCUT2D eigenvalue weighted by atomic mass is 16.6. The van der Waals surface area contributed by atoms with Crippen LogP contribution >= 0.6 is 0 Å². The van der Waals surface area contributed by atoms with Gasteiger partial charge in [-0.3, -0.25) is 0 Å². The van der Waals surface area contributed by atoms with Crippen LogP contribution in [0.5, 0.6) is 0 Å². The lowest BCUT2D eigenvalue weighted by atomic mass is 10.2. The van der Waals surface area contributed by atoms with Gasteiger partial charge in [-0.05, 0) is 6.92 Å². The molecule has 1 atom stereocenters. The third-order valence-electron chi connectivity index (χ3n) is 1.93. The molecule has 1 fully saturated rings. The first kappa shape index (κ1) is 11.4. The molecule has 1 unspecified atom stereocenters. The van der Waals surface area contributed by atoms with E-state index >= 15 is 0 Å². The number of nitrogens with one attached hydrogen (secondary N) is 1. The van der Waals surface area contributed by atoms with E-state index in [1.54, 1.807) is 13.0 Å². The molecule has 1 rings (SSSR count). The highest BCUT2D eigenvalue weighted by molar-refractivity contribution is 5.74. The summed E-state index contributed by atoms with van der Waals surface area (Å²) < 4.78 is 9.42. The lowest BCUT2D eigenvalue weighted by molar-refractivity contribution is 0.0284. The van der Waals surface area contributed by atoms with Gasteiger partial charge in [-0.2, -0.15) is 0 Å². The molecular formula is C9H14N2O4. The summed E-state index contributed by atoms with van der Waals surface area (Å²) in [7, 11) is 0. The summed E-state index contributed by atoms with van der Waals surface area (Å²) in [5.41, 5.74) is 2.30. The lowest BCUT2D eigenvalue weighted by Crippen LogP contribution is -2.54. The number of carbonyl (C=O) groups excluding carboxylic acids is 2. The molecule has 1 aliphatic rings. The van der Waals surface area contributed by atoms with Gasteiger partial charge in [0.2, 0.25) is 0 Å². The summed E-state index contributed by atoms with van der Waals surface area (Å²) in [6, 6.07) is -0.254. The molecule has 0 aromatic heterocycles. The van der Waals surface area contributed by atoms with Gasteiger partial charge in [0.1, 0.15) is 0 Å². The fraction of sp³-hybridized carbons (Fsp3) is 0.556. The highest BCUT2D eigenvalue weighted by Gasteiger charge is 2.29. The van der Waals surface area contributed by atoms with Crippen molar-refractivity contribution in [3.63, 3.8) is 0 Å². The largest absolute Gasteiger partial charge is 0.449 e. The fourth-order valence-electron chi connectivity index (χ4n) is 1.21. The van der Waals surface area contributed by atoms with E-state index in [-0.39, 0.29) is 12.6 Å². The summed E-state index contributed by atoms with van der Waals surface area (Å²) in [5.74, 6) is 0. The van der Waals surface area contributed by atoms with Crippen LogP contribution in [0.2, 0.25) is 0 Å². The minimum Gasteiger partial charge on any atom is -0.449 e. The average molecular weight is 214 g/mol. The Bertz CT molecular complexity index is 267. The molecule has 0 radical (unpaired) electrons. The number of amides is 2. The Balaban J connectivity index is 2.58. The number of cyclic esters (lactones) is 1. The maximum absolute atomic E-state index is 11.3. The highest BCUT2D eigenvalue weighted by Crippen LogP contribution is 2.11. The van der Waals surface area contributed by atoms with Gasteiger partial charge in [0.05, 0.1) is 19.3 Å². The Morgan fingerprint density at radius 1 is 1.87 bits per heavy atom. The second-order valence-corrected chi connectivity index (χ2v) is 2.91. The topological polar surface area (TPSA) is 67.9 Å². The van der Waals surface area contributed by atoms with Gasteiger partial charge < -0.3 is 9.47 Å². The van der Waals surface area contributed by atoms with Gasteiger partial charge in [0.25, 0.3) is 0 Å². The van der Waals surface area contributed by atoms with E-state index in [0.717, 1.165) is 5.01 Å². The summed E-state index contributed by atoms with van der Waals surface area (Å²) in [4.78, 5) is 22.4. The van der Waals surface area contributed by atoms with Gasteiger partial charge in [-0.1, -0.05) is 6.08 Å². The standard InChI is InChI=1S/C9H14N2O4/c1-3-7-5-6-15-9(13)11(7)10-8(12)14-4-2/h3,7H,1,4-6H2,2H3,(H,10,12). The number of hydrogen-bond acceptors (Lipinski definition) is 4. The third-order valence-corrected chi connectivity index (χ3v) is 1.93. The van der Waals surface area contributed by atoms with Gasteiger partial charge in [0, 0.05) is 6.42 Å². The molecule has 15 heavy (non-hydrogen) atoms. The van der Waals surface area contributed by atoms with E-state index in [4.69, 9.17) is 4.74 Å². The summed E-state index contributed by atoms with van der Waals surface area (Å²) in [6.45, 7) is 5.83. The normalized spacial score (nSPS) is 20.5. The fourth-order valence-corrected chi connectivity index (χ4v) is 1.21. The monoisotopic (exact) mass is 214 g/mol. The Morgan fingerprint density at radius 2 is 2.60 bits per heavy atom. The van der Waals surface area contributed by atoms with Crippen LogP contribution in [-0.4, -0.2) is 36.5 Å². The van der Waals surface area contributed by atoms with Crippen molar-refractivity contribution < 1.29 is 19.1 Å². The molecule has 1 heterocycles.